The van der Waals surface area contributed by atoms with Crippen LogP contribution in [0, 0.1) is 0 Å². The van der Waals surface area contributed by atoms with E-state index < -0.39 is 0 Å². The van der Waals surface area contributed by atoms with Gasteiger partial charge in [-0.1, -0.05) is 6.08 Å². The first-order valence-corrected chi connectivity index (χ1v) is 5.19. The van der Waals surface area contributed by atoms with Gasteiger partial charge in [0.05, 0.1) is 0 Å². The third-order valence-corrected chi connectivity index (χ3v) is 2.46. The summed E-state index contributed by atoms with van der Waals surface area (Å²) >= 11 is 1.40. The molecular formula is C9H13N3OS. The van der Waals surface area contributed by atoms with Crippen LogP contribution in [0.4, 0.5) is 0 Å². The van der Waals surface area contributed by atoms with E-state index in [1.807, 2.05) is 0 Å². The van der Waals surface area contributed by atoms with Crippen LogP contribution in [0.3, 0.4) is 0 Å². The van der Waals surface area contributed by atoms with Gasteiger partial charge in [0.1, 0.15) is 10.7 Å². The van der Waals surface area contributed by atoms with E-state index in [-0.39, 0.29) is 5.91 Å². The highest BCUT2D eigenvalue weighted by atomic mass is 32.1. The lowest BCUT2D eigenvalue weighted by molar-refractivity contribution is 0.0950. The summed E-state index contributed by atoms with van der Waals surface area (Å²) in [6.07, 6.45) is 2.52. The highest BCUT2D eigenvalue weighted by Crippen LogP contribution is 2.08. The van der Waals surface area contributed by atoms with E-state index in [0.717, 1.165) is 11.4 Å². The Kier molecular flexibility index (Phi) is 4.28. The van der Waals surface area contributed by atoms with Gasteiger partial charge in [-0.2, -0.15) is 0 Å². The first-order chi connectivity index (χ1) is 6.77. The van der Waals surface area contributed by atoms with Crippen molar-refractivity contribution in [2.45, 2.75) is 13.0 Å². The lowest BCUT2D eigenvalue weighted by atomic mass is 10.4. The van der Waals surface area contributed by atoms with Gasteiger partial charge >= 0.3 is 0 Å². The summed E-state index contributed by atoms with van der Waals surface area (Å²) in [5, 5.41) is 5.22. The van der Waals surface area contributed by atoms with E-state index in [2.05, 4.69) is 16.9 Å². The van der Waals surface area contributed by atoms with Crippen LogP contribution in [0.2, 0.25) is 0 Å². The molecule has 0 bridgehead atoms. The summed E-state index contributed by atoms with van der Waals surface area (Å²) in [5.41, 5.74) is 5.83. The highest BCUT2D eigenvalue weighted by molar-refractivity contribution is 7.09. The van der Waals surface area contributed by atoms with Gasteiger partial charge < -0.3 is 11.1 Å². The van der Waals surface area contributed by atoms with Crippen molar-refractivity contribution in [1.29, 1.82) is 0 Å². The fraction of sp³-hybridized carbons (Fsp3) is 0.333. The quantitative estimate of drug-likeness (QED) is 0.562. The number of carbonyl (C=O) groups is 1. The topological polar surface area (TPSA) is 68.0 Å². The summed E-state index contributed by atoms with van der Waals surface area (Å²) in [5.74, 6) is -0.150. The van der Waals surface area contributed by atoms with E-state index in [4.69, 9.17) is 5.73 Å². The molecule has 0 aliphatic carbocycles. The summed E-state index contributed by atoms with van der Waals surface area (Å²) in [6.45, 7) is 4.54. The second-order valence-electron chi connectivity index (χ2n) is 2.66. The van der Waals surface area contributed by atoms with E-state index >= 15 is 0 Å². The fourth-order valence-corrected chi connectivity index (χ4v) is 1.54. The van der Waals surface area contributed by atoms with Crippen molar-refractivity contribution >= 4 is 17.2 Å². The number of hydrogen-bond acceptors (Lipinski definition) is 4. The van der Waals surface area contributed by atoms with Gasteiger partial charge in [0, 0.05) is 18.5 Å². The minimum Gasteiger partial charge on any atom is -0.350 e. The molecule has 0 spiro atoms. The molecule has 1 rings (SSSR count). The smallest absolute Gasteiger partial charge is 0.270 e. The number of nitrogens with zero attached hydrogens (tertiary/aromatic N) is 1. The molecule has 1 aromatic heterocycles. The third-order valence-electron chi connectivity index (χ3n) is 1.59. The van der Waals surface area contributed by atoms with Crippen molar-refractivity contribution in [2.75, 3.05) is 6.54 Å². The van der Waals surface area contributed by atoms with Gasteiger partial charge in [0.15, 0.2) is 0 Å². The zero-order valence-electron chi connectivity index (χ0n) is 7.82. The molecule has 0 atom stereocenters. The van der Waals surface area contributed by atoms with Gasteiger partial charge in [-0.05, 0) is 6.42 Å². The number of amides is 1. The molecule has 76 valence electrons. The second kappa shape index (κ2) is 5.51. The molecule has 1 heterocycles. The van der Waals surface area contributed by atoms with E-state index in [1.165, 1.54) is 11.3 Å². The lowest BCUT2D eigenvalue weighted by Gasteiger charge is -1.99. The lowest BCUT2D eigenvalue weighted by Crippen LogP contribution is -2.24. The Balaban J connectivity index is 2.47. The molecule has 0 saturated carbocycles. The molecule has 1 aromatic rings. The summed E-state index contributed by atoms with van der Waals surface area (Å²) in [4.78, 5) is 15.5. The predicted octanol–water partition coefficient (Wildman–Crippen LogP) is 0.908. The van der Waals surface area contributed by atoms with Gasteiger partial charge in [0.25, 0.3) is 5.91 Å². The highest BCUT2D eigenvalue weighted by Gasteiger charge is 2.08. The van der Waals surface area contributed by atoms with Crippen LogP contribution in [0.15, 0.2) is 18.0 Å². The largest absolute Gasteiger partial charge is 0.350 e. The summed E-state index contributed by atoms with van der Waals surface area (Å²) in [6, 6.07) is 0. The molecule has 0 fully saturated rings. The monoisotopic (exact) mass is 211 g/mol. The molecule has 0 unspecified atom stereocenters. The van der Waals surface area contributed by atoms with Crippen LogP contribution < -0.4 is 11.1 Å². The van der Waals surface area contributed by atoms with Gasteiger partial charge in [-0.25, -0.2) is 4.98 Å². The van der Waals surface area contributed by atoms with Crippen molar-refractivity contribution < 1.29 is 4.79 Å². The average molecular weight is 211 g/mol. The van der Waals surface area contributed by atoms with Crippen molar-refractivity contribution in [3.8, 4) is 0 Å². The van der Waals surface area contributed by atoms with E-state index in [1.54, 1.807) is 11.5 Å². The minimum absolute atomic E-state index is 0.150. The third kappa shape index (κ3) is 2.93. The molecule has 0 radical (unpaired) electrons. The Morgan fingerprint density at radius 1 is 1.79 bits per heavy atom. The van der Waals surface area contributed by atoms with Crippen LogP contribution in [0.25, 0.3) is 0 Å². The van der Waals surface area contributed by atoms with Crippen LogP contribution in [0.5, 0.6) is 0 Å². The molecular weight excluding hydrogens is 198 g/mol. The predicted molar refractivity (Wildman–Crippen MR) is 57.2 cm³/mol. The maximum absolute atomic E-state index is 11.4. The Morgan fingerprint density at radius 2 is 2.57 bits per heavy atom. The van der Waals surface area contributed by atoms with Gasteiger partial charge in [-0.15, -0.1) is 17.9 Å². The first-order valence-electron chi connectivity index (χ1n) is 4.31. The number of hydrogen-bond donors (Lipinski definition) is 2. The molecule has 1 amide bonds. The van der Waals surface area contributed by atoms with Gasteiger partial charge in [0.2, 0.25) is 0 Å². The molecule has 14 heavy (non-hydrogen) atoms. The average Bonchev–Trinajstić information content (AvgIpc) is 2.66. The Labute approximate surface area is 86.8 Å². The van der Waals surface area contributed by atoms with Crippen molar-refractivity contribution in [2.24, 2.45) is 5.73 Å². The van der Waals surface area contributed by atoms with Crippen molar-refractivity contribution in [1.82, 2.24) is 10.3 Å². The molecule has 0 aliphatic heterocycles. The molecule has 3 N–H and O–H groups in total. The number of nitrogens with one attached hydrogen (secondary N) is 1. The number of nitrogens with two attached hydrogens (primary N) is 1. The maximum atomic E-state index is 11.4. The second-order valence-corrected chi connectivity index (χ2v) is 3.61. The Hall–Kier alpha value is -1.20. The zero-order valence-corrected chi connectivity index (χ0v) is 8.64. The normalized spacial score (nSPS) is 9.79. The van der Waals surface area contributed by atoms with E-state index in [9.17, 15) is 4.79 Å². The number of carbonyl (C=O) groups excluding carboxylic acids is 1. The number of thiazole rings is 1. The van der Waals surface area contributed by atoms with Crippen LogP contribution in [0.1, 0.15) is 21.9 Å². The van der Waals surface area contributed by atoms with Crippen LogP contribution >= 0.6 is 11.3 Å². The Morgan fingerprint density at radius 3 is 3.14 bits per heavy atom. The minimum atomic E-state index is -0.150. The Bertz CT molecular complexity index is 322. The van der Waals surface area contributed by atoms with Crippen LogP contribution in [-0.4, -0.2) is 17.4 Å². The zero-order chi connectivity index (χ0) is 10.4. The molecule has 5 heteroatoms. The summed E-state index contributed by atoms with van der Waals surface area (Å²) < 4.78 is 0. The van der Waals surface area contributed by atoms with Crippen molar-refractivity contribution in [3.05, 3.63) is 28.7 Å². The molecule has 0 aromatic carbocycles. The first kappa shape index (κ1) is 10.9. The number of rotatable bonds is 5. The SMILES string of the molecule is C=CCCNC(=O)c1csc(CN)n1. The maximum Gasteiger partial charge on any atom is 0.270 e. The van der Waals surface area contributed by atoms with Gasteiger partial charge in [-0.3, -0.25) is 4.79 Å². The molecule has 4 nitrogen and oxygen atoms in total. The summed E-state index contributed by atoms with van der Waals surface area (Å²) in [7, 11) is 0. The molecule has 0 saturated heterocycles. The van der Waals surface area contributed by atoms with Crippen LogP contribution in [-0.2, 0) is 6.54 Å². The fourth-order valence-electron chi connectivity index (χ4n) is 0.887. The standard InChI is InChI=1S/C9H13N3OS/c1-2-3-4-11-9(13)7-6-14-8(5-10)12-7/h2,6H,1,3-5,10H2,(H,11,13). The van der Waals surface area contributed by atoms with E-state index in [0.29, 0.717) is 18.8 Å². The number of aromatic nitrogens is 1. The molecule has 0 aliphatic rings. The van der Waals surface area contributed by atoms with Crippen molar-refractivity contribution in [3.63, 3.8) is 0 Å².